The maximum Gasteiger partial charge on any atom is 0.134 e. The third-order valence-electron chi connectivity index (χ3n) is 5.70. The van der Waals surface area contributed by atoms with Crippen LogP contribution in [0.1, 0.15) is 22.6 Å². The van der Waals surface area contributed by atoms with Crippen molar-refractivity contribution in [3.63, 3.8) is 0 Å². The molecule has 0 amide bonds. The molecule has 170 valence electrons. The molecule has 0 heterocycles. The lowest BCUT2D eigenvalue weighted by Gasteiger charge is -2.16. The largest absolute Gasteiger partial charge is 0.359 e. The Morgan fingerprint density at radius 3 is 2.21 bits per heavy atom. The van der Waals surface area contributed by atoms with E-state index in [4.69, 9.17) is 58.0 Å². The van der Waals surface area contributed by atoms with Gasteiger partial charge in [0.2, 0.25) is 0 Å². The van der Waals surface area contributed by atoms with Crippen LogP contribution in [0.4, 0.5) is 11.4 Å². The molecule has 0 radical (unpaired) electrons. The van der Waals surface area contributed by atoms with Crippen molar-refractivity contribution in [2.75, 3.05) is 10.6 Å². The molecule has 1 fully saturated rings. The Kier molecular flexibility index (Phi) is 6.96. The minimum Gasteiger partial charge on any atom is -0.359 e. The highest BCUT2D eigenvalue weighted by Crippen LogP contribution is 2.67. The van der Waals surface area contributed by atoms with E-state index in [-0.39, 0.29) is 11.8 Å². The fraction of sp³-hybridized carbons (Fsp3) is 0.154. The first-order valence-electron chi connectivity index (χ1n) is 10.2. The molecule has 0 aromatic heterocycles. The van der Waals surface area contributed by atoms with Crippen LogP contribution >= 0.6 is 58.0 Å². The predicted molar refractivity (Wildman–Crippen MR) is 145 cm³/mol. The van der Waals surface area contributed by atoms with E-state index < -0.39 is 4.33 Å². The van der Waals surface area contributed by atoms with Crippen LogP contribution in [0.5, 0.6) is 0 Å². The van der Waals surface area contributed by atoms with Crippen molar-refractivity contribution in [1.82, 2.24) is 0 Å². The molecule has 0 aliphatic heterocycles. The second kappa shape index (κ2) is 9.44. The molecule has 33 heavy (non-hydrogen) atoms. The number of benzene rings is 3. The number of hydrogen-bond acceptors (Lipinski definition) is 2. The Bertz CT molecular complexity index is 1230. The van der Waals surface area contributed by atoms with Crippen molar-refractivity contribution in [3.05, 3.63) is 111 Å². The molecule has 2 nitrogen and oxygen atoms in total. The van der Waals surface area contributed by atoms with Crippen LogP contribution in [-0.2, 0) is 0 Å². The average Bonchev–Trinajstić information content (AvgIpc) is 3.32. The molecular weight excluding hydrogens is 518 g/mol. The summed E-state index contributed by atoms with van der Waals surface area (Å²) in [5.74, 6) is -0.399. The highest BCUT2D eigenvalue weighted by Gasteiger charge is 2.65. The quantitative estimate of drug-likeness (QED) is 0.293. The summed E-state index contributed by atoms with van der Waals surface area (Å²) in [5.41, 5.74) is 5.89. The second-order valence-corrected chi connectivity index (χ2v) is 10.8. The molecule has 1 aliphatic carbocycles. The molecule has 2 N–H and O–H groups in total. The lowest BCUT2D eigenvalue weighted by Crippen LogP contribution is -2.05. The Hall–Kier alpha value is -1.81. The van der Waals surface area contributed by atoms with Gasteiger partial charge < -0.3 is 10.6 Å². The number of alkyl halides is 2. The maximum absolute atomic E-state index is 6.62. The number of rotatable bonds is 7. The monoisotopic (exact) mass is 536 g/mol. The van der Waals surface area contributed by atoms with Gasteiger partial charge in [-0.2, -0.15) is 0 Å². The Morgan fingerprint density at radius 1 is 0.879 bits per heavy atom. The summed E-state index contributed by atoms with van der Waals surface area (Å²) in [5, 5.41) is 8.32. The van der Waals surface area contributed by atoms with Crippen LogP contribution in [0.25, 0.3) is 5.70 Å². The number of allylic oxidation sites excluding steroid dienone is 1. The van der Waals surface area contributed by atoms with Gasteiger partial charge in [0.15, 0.2) is 0 Å². The standard InChI is InChI=1S/C26H21Cl5N2/c1-14-6-4-5-7-23(14)33-15(2)21-13-20(8-9-22(21)29)32-16(3)24-25(26(24,30)31)17-10-18(27)12-19(28)11-17/h4-13,24-25,32-33H,2-3H2,1H3. The zero-order chi connectivity index (χ0) is 23.9. The number of para-hydroxylation sites is 1. The van der Waals surface area contributed by atoms with Crippen LogP contribution in [0, 0.1) is 12.8 Å². The van der Waals surface area contributed by atoms with Gasteiger partial charge >= 0.3 is 0 Å². The fourth-order valence-electron chi connectivity index (χ4n) is 3.97. The first-order valence-corrected chi connectivity index (χ1v) is 12.1. The van der Waals surface area contributed by atoms with Gasteiger partial charge in [0.1, 0.15) is 4.33 Å². The van der Waals surface area contributed by atoms with Crippen molar-refractivity contribution < 1.29 is 0 Å². The highest BCUT2D eigenvalue weighted by atomic mass is 35.5. The molecule has 0 bridgehead atoms. The normalized spacial score (nSPS) is 18.5. The molecule has 1 saturated carbocycles. The van der Waals surface area contributed by atoms with Crippen LogP contribution < -0.4 is 10.6 Å². The summed E-state index contributed by atoms with van der Waals surface area (Å²) in [6, 6.07) is 18.9. The van der Waals surface area contributed by atoms with Gasteiger partial charge in [-0.1, -0.05) is 66.2 Å². The topological polar surface area (TPSA) is 24.1 Å². The third kappa shape index (κ3) is 5.16. The molecule has 0 saturated heterocycles. The van der Waals surface area contributed by atoms with E-state index in [2.05, 4.69) is 23.8 Å². The highest BCUT2D eigenvalue weighted by molar-refractivity contribution is 6.52. The van der Waals surface area contributed by atoms with Gasteiger partial charge in [-0.15, -0.1) is 23.2 Å². The molecule has 3 aromatic carbocycles. The molecule has 4 rings (SSSR count). The third-order valence-corrected chi connectivity index (χ3v) is 7.41. The molecular formula is C26H21Cl5N2. The average molecular weight is 539 g/mol. The van der Waals surface area contributed by atoms with E-state index in [0.717, 1.165) is 28.1 Å². The van der Waals surface area contributed by atoms with Crippen LogP contribution in [0.2, 0.25) is 15.1 Å². The predicted octanol–water partition coefficient (Wildman–Crippen LogP) is 9.55. The summed E-state index contributed by atoms with van der Waals surface area (Å²) in [6.07, 6.45) is 0. The minimum absolute atomic E-state index is 0.179. The molecule has 2 atom stereocenters. The van der Waals surface area contributed by atoms with Gasteiger partial charge in [-0.25, -0.2) is 0 Å². The first-order chi connectivity index (χ1) is 15.6. The van der Waals surface area contributed by atoms with E-state index in [1.807, 2.05) is 61.5 Å². The van der Waals surface area contributed by atoms with E-state index in [1.165, 1.54) is 0 Å². The summed E-state index contributed by atoms with van der Waals surface area (Å²) in [4.78, 5) is 0. The summed E-state index contributed by atoms with van der Waals surface area (Å²) in [6.45, 7) is 10.4. The zero-order valence-corrected chi connectivity index (χ0v) is 21.5. The molecule has 7 heteroatoms. The molecule has 1 aliphatic rings. The minimum atomic E-state index is -1.01. The summed E-state index contributed by atoms with van der Waals surface area (Å²) in [7, 11) is 0. The SMILES string of the molecule is C=C(Nc1ccccc1C)c1cc(NC(=C)C2C(c3cc(Cl)cc(Cl)c3)C2(Cl)Cl)ccc1Cl. The molecule has 3 aromatic rings. The lowest BCUT2D eigenvalue weighted by molar-refractivity contribution is 0.947. The first kappa shape index (κ1) is 24.3. The summed E-state index contributed by atoms with van der Waals surface area (Å²) < 4.78 is -1.01. The van der Waals surface area contributed by atoms with Crippen LogP contribution in [-0.4, -0.2) is 4.33 Å². The number of hydrogen-bond donors (Lipinski definition) is 2. The second-order valence-electron chi connectivity index (χ2n) is 8.10. The van der Waals surface area contributed by atoms with Gasteiger partial charge in [0, 0.05) is 50.2 Å². The molecule has 2 unspecified atom stereocenters. The number of halogens is 5. The number of anilines is 2. The Balaban J connectivity index is 1.52. The lowest BCUT2D eigenvalue weighted by atomic mass is 10.1. The Morgan fingerprint density at radius 2 is 1.55 bits per heavy atom. The van der Waals surface area contributed by atoms with Gasteiger partial charge in [-0.05, 0) is 60.5 Å². The zero-order valence-electron chi connectivity index (χ0n) is 17.7. The van der Waals surface area contributed by atoms with Gasteiger partial charge in [0.25, 0.3) is 0 Å². The van der Waals surface area contributed by atoms with Crippen molar-refractivity contribution in [2.24, 2.45) is 5.92 Å². The van der Waals surface area contributed by atoms with Gasteiger partial charge in [0.05, 0.1) is 5.02 Å². The summed E-state index contributed by atoms with van der Waals surface area (Å²) >= 11 is 32.0. The smallest absolute Gasteiger partial charge is 0.134 e. The van der Waals surface area contributed by atoms with Crippen molar-refractivity contribution in [2.45, 2.75) is 17.2 Å². The van der Waals surface area contributed by atoms with Crippen molar-refractivity contribution >= 4 is 75.1 Å². The maximum atomic E-state index is 6.62. The van der Waals surface area contributed by atoms with Crippen LogP contribution in [0.15, 0.2) is 79.5 Å². The van der Waals surface area contributed by atoms with Crippen molar-refractivity contribution in [3.8, 4) is 0 Å². The number of nitrogens with one attached hydrogen (secondary N) is 2. The van der Waals surface area contributed by atoms with E-state index in [1.54, 1.807) is 6.07 Å². The van der Waals surface area contributed by atoms with E-state index in [9.17, 15) is 0 Å². The Labute approximate surface area is 219 Å². The fourth-order valence-corrected chi connectivity index (χ4v) is 5.64. The van der Waals surface area contributed by atoms with E-state index in [0.29, 0.717) is 26.5 Å². The number of aryl methyl sites for hydroxylation is 1. The van der Waals surface area contributed by atoms with Crippen LogP contribution in [0.3, 0.4) is 0 Å². The van der Waals surface area contributed by atoms with E-state index >= 15 is 0 Å². The molecule has 0 spiro atoms. The van der Waals surface area contributed by atoms with Gasteiger partial charge in [-0.3, -0.25) is 0 Å². The van der Waals surface area contributed by atoms with Crippen molar-refractivity contribution in [1.29, 1.82) is 0 Å².